The van der Waals surface area contributed by atoms with Crippen LogP contribution in [0.25, 0.3) is 0 Å². The monoisotopic (exact) mass is 584 g/mol. The number of fused-ring (bicyclic) bond motifs is 1. The highest BCUT2D eigenvalue weighted by Crippen LogP contribution is 2.46. The summed E-state index contributed by atoms with van der Waals surface area (Å²) in [6, 6.07) is 8.67. The van der Waals surface area contributed by atoms with Crippen molar-refractivity contribution in [2.45, 2.75) is 29.8 Å². The van der Waals surface area contributed by atoms with Crippen molar-refractivity contribution >= 4 is 54.9 Å². The summed E-state index contributed by atoms with van der Waals surface area (Å²) in [5.41, 5.74) is 3.40. The van der Waals surface area contributed by atoms with Crippen molar-refractivity contribution in [1.82, 2.24) is 9.88 Å². The van der Waals surface area contributed by atoms with E-state index in [1.54, 1.807) is 0 Å². The summed E-state index contributed by atoms with van der Waals surface area (Å²) in [6.45, 7) is 1.98. The Hall–Kier alpha value is -2.61. The van der Waals surface area contributed by atoms with Crippen molar-refractivity contribution in [3.8, 4) is 0 Å². The second-order valence-corrected chi connectivity index (χ2v) is 11.5. The molecule has 2 atom stereocenters. The Labute approximate surface area is 212 Å². The van der Waals surface area contributed by atoms with Gasteiger partial charge < -0.3 is 10.4 Å². The molecule has 13 heteroatoms. The molecule has 1 aliphatic carbocycles. The fourth-order valence-corrected chi connectivity index (χ4v) is 7.08. The van der Waals surface area contributed by atoms with Crippen LogP contribution >= 0.6 is 27.3 Å². The normalized spacial score (nSPS) is 19.7. The molecule has 1 aliphatic heterocycles. The van der Waals surface area contributed by atoms with Crippen molar-refractivity contribution < 1.29 is 27.1 Å². The van der Waals surface area contributed by atoms with Crippen LogP contribution in [0.1, 0.15) is 36.1 Å². The first-order valence-corrected chi connectivity index (χ1v) is 13.8. The number of aromatic nitrogens is 1. The molecule has 0 spiro atoms. The predicted octanol–water partition coefficient (Wildman–Crippen LogP) is 5.36. The van der Waals surface area contributed by atoms with E-state index in [0.29, 0.717) is 6.42 Å². The highest BCUT2D eigenvalue weighted by atomic mass is 79.9. The van der Waals surface area contributed by atoms with E-state index in [1.807, 2.05) is 24.3 Å². The fourth-order valence-electron chi connectivity index (χ4n) is 4.57. The average Bonchev–Trinajstić information content (AvgIpc) is 3.39. The van der Waals surface area contributed by atoms with Crippen molar-refractivity contribution in [2.24, 2.45) is 0 Å². The van der Waals surface area contributed by atoms with Crippen molar-refractivity contribution in [2.75, 3.05) is 22.7 Å². The zero-order valence-corrected chi connectivity index (χ0v) is 21.2. The highest BCUT2D eigenvalue weighted by molar-refractivity contribution is 9.10. The summed E-state index contributed by atoms with van der Waals surface area (Å²) in [5.74, 6) is -3.32. The quantitative estimate of drug-likeness (QED) is 0.376. The maximum absolute atomic E-state index is 15.4. The number of sulfonamides is 1. The molecule has 5 rings (SSSR count). The average molecular weight is 585 g/mol. The molecule has 2 aliphatic rings. The lowest BCUT2D eigenvalue weighted by Crippen LogP contribution is -2.39. The van der Waals surface area contributed by atoms with E-state index in [1.165, 1.54) is 5.51 Å². The lowest BCUT2D eigenvalue weighted by atomic mass is 10.0. The maximum Gasteiger partial charge on any atom is 0.427 e. The highest BCUT2D eigenvalue weighted by Gasteiger charge is 2.40. The van der Waals surface area contributed by atoms with Gasteiger partial charge in [-0.15, -0.1) is 15.6 Å². The van der Waals surface area contributed by atoms with Crippen LogP contribution in [0.5, 0.6) is 0 Å². The van der Waals surface area contributed by atoms with E-state index in [9.17, 15) is 18.3 Å². The van der Waals surface area contributed by atoms with Crippen LogP contribution in [0, 0.1) is 11.6 Å². The van der Waals surface area contributed by atoms with Gasteiger partial charge in [-0.1, -0.05) is 24.3 Å². The third kappa shape index (κ3) is 4.09. The van der Waals surface area contributed by atoms with Gasteiger partial charge in [-0.05, 0) is 59.1 Å². The molecule has 3 aromatic rings. The molecule has 2 N–H and O–H groups in total. The van der Waals surface area contributed by atoms with E-state index in [-0.39, 0.29) is 26.5 Å². The maximum atomic E-state index is 15.4. The van der Waals surface area contributed by atoms with Gasteiger partial charge in [0, 0.05) is 11.4 Å². The number of rotatable bonds is 6. The number of nitrogens with zero attached hydrogens (tertiary/aromatic N) is 3. The zero-order valence-electron chi connectivity index (χ0n) is 18.0. The first-order valence-electron chi connectivity index (χ1n) is 10.6. The molecular formula is C22H19BrF2N4O4S2. The zero-order chi connectivity index (χ0) is 24.9. The molecule has 2 aromatic carbocycles. The van der Waals surface area contributed by atoms with Crippen molar-refractivity contribution in [3.05, 3.63) is 68.5 Å². The number of anilines is 2. The van der Waals surface area contributed by atoms with Gasteiger partial charge in [-0.25, -0.2) is 27.0 Å². The molecule has 1 fully saturated rings. The Bertz CT molecular complexity index is 1400. The summed E-state index contributed by atoms with van der Waals surface area (Å²) in [4.78, 5) is 16.3. The molecule has 0 radical (unpaired) electrons. The summed E-state index contributed by atoms with van der Waals surface area (Å²) >= 11 is 3.99. The number of hydrogen-bond acceptors (Lipinski definition) is 7. The molecule has 1 saturated heterocycles. The molecule has 2 heterocycles. The Morgan fingerprint density at radius 1 is 1.26 bits per heavy atom. The number of nitrogens with one attached hydrogen (secondary N) is 1. The molecule has 35 heavy (non-hydrogen) atoms. The van der Waals surface area contributed by atoms with E-state index in [0.717, 1.165) is 53.4 Å². The van der Waals surface area contributed by atoms with Crippen LogP contribution in [0.2, 0.25) is 0 Å². The molecule has 0 saturated carbocycles. The summed E-state index contributed by atoms with van der Waals surface area (Å²) in [7, 11) is -5.15. The number of halogens is 3. The first-order chi connectivity index (χ1) is 16.7. The van der Waals surface area contributed by atoms with E-state index in [4.69, 9.17) is 0 Å². The van der Waals surface area contributed by atoms with Crippen LogP contribution in [-0.2, 0) is 10.0 Å². The van der Waals surface area contributed by atoms with Gasteiger partial charge >= 0.3 is 6.09 Å². The minimum atomic E-state index is -5.15. The lowest BCUT2D eigenvalue weighted by Gasteiger charge is -2.37. The molecule has 1 amide bonds. The van der Waals surface area contributed by atoms with Gasteiger partial charge in [0.05, 0.1) is 21.7 Å². The Balaban J connectivity index is 1.50. The Kier molecular flexibility index (Phi) is 6.28. The molecule has 0 unspecified atom stereocenters. The third-order valence-corrected chi connectivity index (χ3v) is 9.33. The Morgan fingerprint density at radius 3 is 2.57 bits per heavy atom. The van der Waals surface area contributed by atoms with Crippen LogP contribution < -0.4 is 9.62 Å². The first kappa shape index (κ1) is 24.1. The van der Waals surface area contributed by atoms with Gasteiger partial charge in [0.15, 0.2) is 16.5 Å². The number of carbonyl (C=O) groups is 1. The molecule has 184 valence electrons. The summed E-state index contributed by atoms with van der Waals surface area (Å²) in [6.07, 6.45) is -0.123. The molecule has 0 bridgehead atoms. The van der Waals surface area contributed by atoms with E-state index in [2.05, 4.69) is 31.1 Å². The summed E-state index contributed by atoms with van der Waals surface area (Å²) in [5, 5.41) is 13.8. The minimum absolute atomic E-state index is 0.0264. The van der Waals surface area contributed by atoms with Gasteiger partial charge in [0.2, 0.25) is 0 Å². The number of thiazole rings is 1. The van der Waals surface area contributed by atoms with Crippen LogP contribution in [0.4, 0.5) is 25.1 Å². The smallest absolute Gasteiger partial charge is 0.427 e. The van der Waals surface area contributed by atoms with E-state index >= 15 is 8.78 Å². The largest absolute Gasteiger partial charge is 0.464 e. The SMILES string of the molecule is O=C(O)N(c1cscn1)S(=O)(=O)c1c(F)cc(N[C@@H]2C[C@H](N3CCC3)c3ccccc32)c(Br)c1F. The number of amides is 1. The van der Waals surface area contributed by atoms with Gasteiger partial charge in [-0.2, -0.15) is 0 Å². The third-order valence-electron chi connectivity index (χ3n) is 6.27. The topological polar surface area (TPSA) is 103 Å². The van der Waals surface area contributed by atoms with Crippen LogP contribution in [-0.4, -0.2) is 42.6 Å². The second kappa shape index (κ2) is 9.12. The van der Waals surface area contributed by atoms with Gasteiger partial charge in [0.25, 0.3) is 10.0 Å². The molecular weight excluding hydrogens is 566 g/mol. The number of carboxylic acid groups (broad SMARTS) is 1. The predicted molar refractivity (Wildman–Crippen MR) is 130 cm³/mol. The van der Waals surface area contributed by atoms with E-state index < -0.39 is 38.5 Å². The van der Waals surface area contributed by atoms with Gasteiger partial charge in [-0.3, -0.25) is 4.90 Å². The van der Waals surface area contributed by atoms with Crippen molar-refractivity contribution in [3.63, 3.8) is 0 Å². The standard InChI is InChI=1S/C22H19BrF2N4O4S2/c23-19-16(27-15-9-17(28-6-3-7-28)13-5-2-1-4-12(13)15)8-14(24)21(20(19)25)35(32,33)29(22(30)31)18-10-34-11-26-18/h1-2,4-5,8,10-11,15,17,27H,3,6-7,9H2,(H,30,31)/t15-,17+/m1/s1. The summed E-state index contributed by atoms with van der Waals surface area (Å²) < 4.78 is 56.1. The van der Waals surface area contributed by atoms with Crippen LogP contribution in [0.3, 0.4) is 0 Å². The second-order valence-electron chi connectivity index (χ2n) is 8.23. The minimum Gasteiger partial charge on any atom is -0.464 e. The fraction of sp³-hybridized carbons (Fsp3) is 0.273. The van der Waals surface area contributed by atoms with Gasteiger partial charge in [0.1, 0.15) is 5.82 Å². The molecule has 1 aromatic heterocycles. The number of benzene rings is 2. The van der Waals surface area contributed by atoms with Crippen molar-refractivity contribution in [1.29, 1.82) is 0 Å². The lowest BCUT2D eigenvalue weighted by molar-refractivity contribution is 0.116. The Morgan fingerprint density at radius 2 is 1.97 bits per heavy atom. The number of hydrogen-bond donors (Lipinski definition) is 2. The molecule has 8 nitrogen and oxygen atoms in total. The number of likely N-dealkylation sites (tertiary alicyclic amines) is 1. The van der Waals surface area contributed by atoms with Crippen LogP contribution in [0.15, 0.2) is 50.6 Å².